The van der Waals surface area contributed by atoms with Crippen LogP contribution in [-0.2, 0) is 13.1 Å². The van der Waals surface area contributed by atoms with Gasteiger partial charge in [-0.1, -0.05) is 18.2 Å². The van der Waals surface area contributed by atoms with E-state index in [4.69, 9.17) is 4.42 Å². The van der Waals surface area contributed by atoms with Gasteiger partial charge < -0.3 is 14.3 Å². The van der Waals surface area contributed by atoms with Crippen LogP contribution in [0.2, 0.25) is 0 Å². The van der Waals surface area contributed by atoms with Crippen LogP contribution in [0.25, 0.3) is 11.0 Å². The molecular formula is C21H17FN2O3S. The minimum atomic E-state index is -0.362. The monoisotopic (exact) mass is 396 g/mol. The number of halogens is 1. The summed E-state index contributed by atoms with van der Waals surface area (Å²) in [5.74, 6) is -0.330. The predicted octanol–water partition coefficient (Wildman–Crippen LogP) is 4.08. The van der Waals surface area contributed by atoms with Crippen molar-refractivity contribution in [3.05, 3.63) is 92.0 Å². The predicted molar refractivity (Wildman–Crippen MR) is 106 cm³/mol. The summed E-state index contributed by atoms with van der Waals surface area (Å²) >= 11 is 1.54. The van der Waals surface area contributed by atoms with Crippen LogP contribution in [0, 0.1) is 12.7 Å². The summed E-state index contributed by atoms with van der Waals surface area (Å²) in [7, 11) is 0. The fourth-order valence-corrected chi connectivity index (χ4v) is 3.81. The zero-order valence-corrected chi connectivity index (χ0v) is 15.9. The number of amides is 1. The summed E-state index contributed by atoms with van der Waals surface area (Å²) in [5.41, 5.74) is 0.912. The van der Waals surface area contributed by atoms with Gasteiger partial charge in [-0.3, -0.25) is 9.59 Å². The van der Waals surface area contributed by atoms with Crippen LogP contribution in [0.1, 0.15) is 26.6 Å². The van der Waals surface area contributed by atoms with Crippen molar-refractivity contribution < 1.29 is 13.6 Å². The zero-order valence-electron chi connectivity index (χ0n) is 15.1. The number of aryl methyl sites for hydroxylation is 1. The molecule has 0 fully saturated rings. The van der Waals surface area contributed by atoms with Gasteiger partial charge in [-0.25, -0.2) is 4.39 Å². The lowest BCUT2D eigenvalue weighted by Gasteiger charge is -2.07. The first-order chi connectivity index (χ1) is 13.5. The summed E-state index contributed by atoms with van der Waals surface area (Å²) in [6.45, 7) is 2.25. The van der Waals surface area contributed by atoms with Crippen molar-refractivity contribution in [3.63, 3.8) is 0 Å². The quantitative estimate of drug-likeness (QED) is 0.553. The summed E-state index contributed by atoms with van der Waals surface area (Å²) in [4.78, 5) is 26.8. The molecular weight excluding hydrogens is 379 g/mol. The first kappa shape index (κ1) is 18.2. The molecule has 0 saturated carbocycles. The number of hydrogen-bond acceptors (Lipinski definition) is 4. The first-order valence-electron chi connectivity index (χ1n) is 8.70. The molecule has 0 spiro atoms. The molecule has 0 aliphatic carbocycles. The molecule has 1 N–H and O–H groups in total. The highest BCUT2D eigenvalue weighted by Gasteiger charge is 2.21. The largest absolute Gasteiger partial charge is 0.460 e. The highest BCUT2D eigenvalue weighted by molar-refractivity contribution is 7.09. The van der Waals surface area contributed by atoms with Crippen molar-refractivity contribution >= 4 is 28.2 Å². The number of aromatic nitrogens is 1. The molecule has 0 aliphatic rings. The van der Waals surface area contributed by atoms with Gasteiger partial charge in [0.15, 0.2) is 0 Å². The van der Waals surface area contributed by atoms with Crippen LogP contribution in [0.5, 0.6) is 0 Å². The maximum atomic E-state index is 13.4. The fraction of sp³-hybridized carbons (Fsp3) is 0.143. The number of thiophene rings is 1. The van der Waals surface area contributed by atoms with E-state index in [1.165, 1.54) is 16.7 Å². The van der Waals surface area contributed by atoms with Gasteiger partial charge in [-0.15, -0.1) is 11.3 Å². The molecule has 7 heteroatoms. The minimum absolute atomic E-state index is 0.201. The van der Waals surface area contributed by atoms with E-state index < -0.39 is 0 Å². The Labute approximate surface area is 164 Å². The molecule has 4 rings (SSSR count). The average molecular weight is 396 g/mol. The first-order valence-corrected chi connectivity index (χ1v) is 9.58. The van der Waals surface area contributed by atoms with Crippen molar-refractivity contribution in [3.8, 4) is 0 Å². The number of benzene rings is 1. The van der Waals surface area contributed by atoms with Gasteiger partial charge in [0, 0.05) is 11.1 Å². The summed E-state index contributed by atoms with van der Waals surface area (Å²) in [6, 6.07) is 11.6. The van der Waals surface area contributed by atoms with Crippen molar-refractivity contribution in [2.45, 2.75) is 20.0 Å². The maximum Gasteiger partial charge on any atom is 0.262 e. The molecule has 28 heavy (non-hydrogen) atoms. The number of carbonyl (C=O) groups is 1. The van der Waals surface area contributed by atoms with E-state index in [0.29, 0.717) is 23.5 Å². The van der Waals surface area contributed by atoms with E-state index in [2.05, 4.69) is 5.32 Å². The van der Waals surface area contributed by atoms with Crippen LogP contribution < -0.4 is 10.9 Å². The van der Waals surface area contributed by atoms with Gasteiger partial charge in [0.05, 0.1) is 24.0 Å². The number of furan rings is 1. The van der Waals surface area contributed by atoms with Crippen molar-refractivity contribution in [1.82, 2.24) is 9.88 Å². The lowest BCUT2D eigenvalue weighted by molar-refractivity contribution is 0.0951. The summed E-state index contributed by atoms with van der Waals surface area (Å²) in [5, 5.41) is 5.01. The van der Waals surface area contributed by atoms with E-state index in [1.54, 1.807) is 42.7 Å². The Hall–Kier alpha value is -3.19. The van der Waals surface area contributed by atoms with E-state index in [1.807, 2.05) is 17.5 Å². The van der Waals surface area contributed by atoms with Gasteiger partial charge in [0.1, 0.15) is 17.2 Å². The van der Waals surface area contributed by atoms with Gasteiger partial charge in [-0.2, -0.15) is 0 Å². The SMILES string of the molecule is Cc1oc2ccn(Cc3cccc(F)c3)c(=O)c2c1C(=O)NCc1cccs1. The second-order valence-corrected chi connectivity index (χ2v) is 7.45. The molecule has 4 aromatic rings. The van der Waals surface area contributed by atoms with E-state index in [-0.39, 0.29) is 34.8 Å². The topological polar surface area (TPSA) is 64.2 Å². The molecule has 1 amide bonds. The van der Waals surface area contributed by atoms with Crippen LogP contribution in [0.3, 0.4) is 0 Å². The maximum absolute atomic E-state index is 13.4. The third-order valence-electron chi connectivity index (χ3n) is 4.46. The number of fused-ring (bicyclic) bond motifs is 1. The average Bonchev–Trinajstić information content (AvgIpc) is 3.29. The Bertz CT molecular complexity index is 1210. The summed E-state index contributed by atoms with van der Waals surface area (Å²) < 4.78 is 20.5. The number of hydrogen-bond donors (Lipinski definition) is 1. The van der Waals surface area contributed by atoms with Crippen LogP contribution in [0.15, 0.2) is 63.3 Å². The van der Waals surface area contributed by atoms with E-state index in [0.717, 1.165) is 4.88 Å². The highest BCUT2D eigenvalue weighted by atomic mass is 32.1. The van der Waals surface area contributed by atoms with E-state index >= 15 is 0 Å². The second-order valence-electron chi connectivity index (χ2n) is 6.41. The normalized spacial score (nSPS) is 11.1. The number of nitrogens with zero attached hydrogens (tertiary/aromatic N) is 1. The van der Waals surface area contributed by atoms with Gasteiger partial charge >= 0.3 is 0 Å². The molecule has 5 nitrogen and oxygen atoms in total. The number of pyridine rings is 1. The zero-order chi connectivity index (χ0) is 19.7. The summed E-state index contributed by atoms with van der Waals surface area (Å²) in [6.07, 6.45) is 1.59. The minimum Gasteiger partial charge on any atom is -0.460 e. The Kier molecular flexibility index (Phi) is 4.83. The van der Waals surface area contributed by atoms with Crippen molar-refractivity contribution in [2.24, 2.45) is 0 Å². The third kappa shape index (κ3) is 3.48. The van der Waals surface area contributed by atoms with Crippen LogP contribution >= 0.6 is 11.3 Å². The number of carbonyl (C=O) groups excluding carboxylic acids is 1. The number of nitrogens with one attached hydrogen (secondary N) is 1. The molecule has 0 radical (unpaired) electrons. The Morgan fingerprint density at radius 2 is 2.11 bits per heavy atom. The molecule has 0 aliphatic heterocycles. The third-order valence-corrected chi connectivity index (χ3v) is 5.34. The van der Waals surface area contributed by atoms with Crippen LogP contribution in [0.4, 0.5) is 4.39 Å². The lowest BCUT2D eigenvalue weighted by atomic mass is 10.1. The molecule has 1 aromatic carbocycles. The van der Waals surface area contributed by atoms with Gasteiger partial charge in [-0.05, 0) is 42.1 Å². The molecule has 0 saturated heterocycles. The van der Waals surface area contributed by atoms with Crippen molar-refractivity contribution in [2.75, 3.05) is 0 Å². The van der Waals surface area contributed by atoms with Gasteiger partial charge in [0.25, 0.3) is 11.5 Å². The molecule has 3 aromatic heterocycles. The van der Waals surface area contributed by atoms with Gasteiger partial charge in [0.2, 0.25) is 0 Å². The van der Waals surface area contributed by atoms with Crippen molar-refractivity contribution in [1.29, 1.82) is 0 Å². The standard InChI is InChI=1S/C21H17FN2O3S/c1-13-18(20(25)23-11-16-6-3-9-28-16)19-17(27-13)7-8-24(21(19)26)12-14-4-2-5-15(22)10-14/h2-10H,11-12H2,1H3,(H,23,25). The molecule has 0 unspecified atom stereocenters. The lowest BCUT2D eigenvalue weighted by Crippen LogP contribution is -2.26. The molecule has 0 bridgehead atoms. The fourth-order valence-electron chi connectivity index (χ4n) is 3.16. The number of rotatable bonds is 5. The Morgan fingerprint density at radius 3 is 2.86 bits per heavy atom. The smallest absolute Gasteiger partial charge is 0.262 e. The molecule has 3 heterocycles. The molecule has 0 atom stereocenters. The Morgan fingerprint density at radius 1 is 1.25 bits per heavy atom. The Balaban J connectivity index is 1.69. The van der Waals surface area contributed by atoms with E-state index in [9.17, 15) is 14.0 Å². The second kappa shape index (κ2) is 7.44. The highest BCUT2D eigenvalue weighted by Crippen LogP contribution is 2.23. The van der Waals surface area contributed by atoms with Crippen LogP contribution in [-0.4, -0.2) is 10.5 Å². The molecule has 142 valence electrons.